The number of rotatable bonds is 6. The Morgan fingerprint density at radius 1 is 0.296 bits per heavy atom. The Morgan fingerprint density at radius 3 is 1.35 bits per heavy atom. The summed E-state index contributed by atoms with van der Waals surface area (Å²) in [6.45, 7) is 0. The molecule has 0 fully saturated rings. The largest absolute Gasteiger partial charge is 0.208 e. The molecule has 0 unspecified atom stereocenters. The van der Waals surface area contributed by atoms with Crippen LogP contribution in [0.2, 0.25) is 0 Å². The normalized spacial score (nSPS) is 11.3. The number of hydrogen-bond donors (Lipinski definition) is 0. The Hall–Kier alpha value is -7.48. The van der Waals surface area contributed by atoms with Gasteiger partial charge in [-0.05, 0) is 84.6 Å². The number of hydrogen-bond acceptors (Lipinski definition) is 4. The molecular formula is C50H30N4. The second-order valence-electron chi connectivity index (χ2n) is 13.5. The molecule has 0 bridgehead atoms. The van der Waals surface area contributed by atoms with Crippen molar-refractivity contribution in [1.82, 2.24) is 15.0 Å². The molecule has 0 atom stereocenters. The van der Waals surface area contributed by atoms with Crippen molar-refractivity contribution in [3.63, 3.8) is 0 Å². The molecular weight excluding hydrogens is 657 g/mol. The molecule has 4 nitrogen and oxygen atoms in total. The molecule has 10 rings (SSSR count). The Morgan fingerprint density at radius 2 is 0.741 bits per heavy atom. The van der Waals surface area contributed by atoms with Gasteiger partial charge in [-0.1, -0.05) is 164 Å². The molecule has 1 aromatic heterocycles. The van der Waals surface area contributed by atoms with Crippen molar-refractivity contribution in [2.75, 3.05) is 0 Å². The second kappa shape index (κ2) is 12.9. The lowest BCUT2D eigenvalue weighted by Crippen LogP contribution is -2.00. The first-order chi connectivity index (χ1) is 26.7. The highest BCUT2D eigenvalue weighted by molar-refractivity contribution is 6.22. The van der Waals surface area contributed by atoms with Crippen LogP contribution in [-0.2, 0) is 0 Å². The van der Waals surface area contributed by atoms with Gasteiger partial charge in [0.25, 0.3) is 0 Å². The number of fused-ring (bicyclic) bond motifs is 3. The van der Waals surface area contributed by atoms with Crippen LogP contribution in [0.3, 0.4) is 0 Å². The van der Waals surface area contributed by atoms with Crippen LogP contribution >= 0.6 is 0 Å². The summed E-state index contributed by atoms with van der Waals surface area (Å²) in [6, 6.07) is 65.2. The molecule has 250 valence electrons. The van der Waals surface area contributed by atoms with Gasteiger partial charge in [-0.25, -0.2) is 15.0 Å². The summed E-state index contributed by atoms with van der Waals surface area (Å²) in [6.07, 6.45) is 0. The third-order valence-electron chi connectivity index (χ3n) is 10.3. The molecule has 0 amide bonds. The lowest BCUT2D eigenvalue weighted by Gasteiger charge is -2.15. The van der Waals surface area contributed by atoms with Gasteiger partial charge >= 0.3 is 0 Å². The Labute approximate surface area is 313 Å². The number of nitrogens with zero attached hydrogens (tertiary/aromatic N) is 4. The standard InChI is InChI=1S/C50H30N4/c51-31-32-11-9-17-38(29-32)41-26-28-45-43-20-8-7-19-42(43)44-27-25-40(46(41)47(44)45)34-23-21-33(22-24-34)37-16-10-18-39(30-37)50-53-48(35-12-3-1-4-13-35)52-49(54-50)36-14-5-2-6-15-36/h1-30H. The first-order valence-corrected chi connectivity index (χ1v) is 18.0. The maximum Gasteiger partial charge on any atom is 0.164 e. The molecule has 0 saturated heterocycles. The van der Waals surface area contributed by atoms with Crippen LogP contribution in [0.25, 0.3) is 101 Å². The molecule has 4 heteroatoms. The molecule has 1 aliphatic carbocycles. The molecule has 1 aliphatic rings. The van der Waals surface area contributed by atoms with E-state index in [0.29, 0.717) is 23.0 Å². The summed E-state index contributed by atoms with van der Waals surface area (Å²) >= 11 is 0. The van der Waals surface area contributed by atoms with Crippen molar-refractivity contribution in [1.29, 1.82) is 5.26 Å². The smallest absolute Gasteiger partial charge is 0.164 e. The van der Waals surface area contributed by atoms with E-state index in [1.54, 1.807) is 0 Å². The van der Waals surface area contributed by atoms with Crippen molar-refractivity contribution >= 4 is 10.8 Å². The van der Waals surface area contributed by atoms with E-state index in [9.17, 15) is 5.26 Å². The van der Waals surface area contributed by atoms with Crippen LogP contribution in [0, 0.1) is 11.3 Å². The summed E-state index contributed by atoms with van der Waals surface area (Å²) in [7, 11) is 0. The van der Waals surface area contributed by atoms with Crippen molar-refractivity contribution in [3.05, 3.63) is 188 Å². The van der Waals surface area contributed by atoms with Gasteiger partial charge in [-0.15, -0.1) is 0 Å². The Balaban J connectivity index is 1.07. The van der Waals surface area contributed by atoms with Gasteiger partial charge in [0.2, 0.25) is 0 Å². The van der Waals surface area contributed by atoms with Gasteiger partial charge in [0.1, 0.15) is 0 Å². The minimum Gasteiger partial charge on any atom is -0.208 e. The first kappa shape index (κ1) is 31.3. The SMILES string of the molecule is N#Cc1cccc(-c2ccc3c4c(ccc(-c5ccc(-c6cccc(-c7nc(-c8ccccc8)nc(-c8ccccc8)n7)c6)cc5)c24)-c2ccccc2-3)c1. The molecule has 54 heavy (non-hydrogen) atoms. The quantitative estimate of drug-likeness (QED) is 0.175. The van der Waals surface area contributed by atoms with Gasteiger partial charge in [0.05, 0.1) is 11.6 Å². The summed E-state index contributed by atoms with van der Waals surface area (Å²) < 4.78 is 0. The minimum absolute atomic E-state index is 0.628. The van der Waals surface area contributed by atoms with Crippen LogP contribution < -0.4 is 0 Å². The number of nitriles is 1. The molecule has 0 spiro atoms. The van der Waals surface area contributed by atoms with Crippen molar-refractivity contribution in [2.24, 2.45) is 0 Å². The maximum absolute atomic E-state index is 9.73. The van der Waals surface area contributed by atoms with Crippen LogP contribution in [-0.4, -0.2) is 15.0 Å². The first-order valence-electron chi connectivity index (χ1n) is 18.0. The van der Waals surface area contributed by atoms with Gasteiger partial charge in [-0.2, -0.15) is 5.26 Å². The highest BCUT2D eigenvalue weighted by Crippen LogP contribution is 2.52. The predicted octanol–water partition coefficient (Wildman–Crippen LogP) is 12.5. The molecule has 0 saturated carbocycles. The fourth-order valence-corrected chi connectivity index (χ4v) is 7.75. The average molecular weight is 687 g/mol. The monoisotopic (exact) mass is 686 g/mol. The fraction of sp³-hybridized carbons (Fsp3) is 0. The minimum atomic E-state index is 0.628. The average Bonchev–Trinajstić information content (AvgIpc) is 3.59. The van der Waals surface area contributed by atoms with Gasteiger partial charge in [0.15, 0.2) is 17.5 Å². The van der Waals surface area contributed by atoms with Crippen LogP contribution in [0.5, 0.6) is 0 Å². The van der Waals surface area contributed by atoms with Crippen molar-refractivity contribution < 1.29 is 0 Å². The van der Waals surface area contributed by atoms with E-state index in [1.165, 1.54) is 33.0 Å². The third kappa shape index (κ3) is 5.35. The van der Waals surface area contributed by atoms with Crippen LogP contribution in [0.1, 0.15) is 5.56 Å². The lowest BCUT2D eigenvalue weighted by atomic mass is 9.88. The van der Waals surface area contributed by atoms with E-state index in [2.05, 4.69) is 109 Å². The molecule has 9 aromatic rings. The second-order valence-corrected chi connectivity index (χ2v) is 13.5. The van der Waals surface area contributed by atoms with E-state index >= 15 is 0 Å². The molecule has 8 aromatic carbocycles. The van der Waals surface area contributed by atoms with Gasteiger partial charge in [0, 0.05) is 16.7 Å². The zero-order valence-corrected chi connectivity index (χ0v) is 29.1. The van der Waals surface area contributed by atoms with Crippen molar-refractivity contribution in [3.8, 4) is 95.9 Å². The van der Waals surface area contributed by atoms with E-state index in [1.807, 2.05) is 78.9 Å². The molecule has 0 N–H and O–H groups in total. The highest BCUT2D eigenvalue weighted by atomic mass is 15.0. The summed E-state index contributed by atoms with van der Waals surface area (Å²) in [5.74, 6) is 1.91. The van der Waals surface area contributed by atoms with Gasteiger partial charge in [-0.3, -0.25) is 0 Å². The van der Waals surface area contributed by atoms with Crippen molar-refractivity contribution in [2.45, 2.75) is 0 Å². The van der Waals surface area contributed by atoms with E-state index in [0.717, 1.165) is 50.1 Å². The molecule has 1 heterocycles. The maximum atomic E-state index is 9.73. The van der Waals surface area contributed by atoms with Crippen LogP contribution in [0.4, 0.5) is 0 Å². The highest BCUT2D eigenvalue weighted by Gasteiger charge is 2.25. The van der Waals surface area contributed by atoms with Crippen LogP contribution in [0.15, 0.2) is 182 Å². The Bertz CT molecular complexity index is 2840. The summed E-state index contributed by atoms with van der Waals surface area (Å²) in [5, 5.41) is 12.2. The fourth-order valence-electron chi connectivity index (χ4n) is 7.75. The Kier molecular flexibility index (Phi) is 7.49. The van der Waals surface area contributed by atoms with Gasteiger partial charge < -0.3 is 0 Å². The summed E-state index contributed by atoms with van der Waals surface area (Å²) in [4.78, 5) is 14.8. The number of benzene rings is 8. The number of aromatic nitrogens is 3. The van der Waals surface area contributed by atoms with E-state index in [-0.39, 0.29) is 0 Å². The lowest BCUT2D eigenvalue weighted by molar-refractivity contribution is 1.07. The molecule has 0 radical (unpaired) electrons. The third-order valence-corrected chi connectivity index (χ3v) is 10.3. The zero-order valence-electron chi connectivity index (χ0n) is 29.1. The predicted molar refractivity (Wildman–Crippen MR) is 219 cm³/mol. The zero-order chi connectivity index (χ0) is 36.0. The van der Waals surface area contributed by atoms with E-state index in [4.69, 9.17) is 15.0 Å². The van der Waals surface area contributed by atoms with E-state index < -0.39 is 0 Å². The molecule has 0 aliphatic heterocycles. The summed E-state index contributed by atoms with van der Waals surface area (Å²) in [5.41, 5.74) is 15.1. The topological polar surface area (TPSA) is 62.5 Å².